The molecule has 1 aromatic carbocycles. The molecule has 1 nitrogen and oxygen atoms in total. The first-order valence-corrected chi connectivity index (χ1v) is 6.82. The molecule has 0 saturated heterocycles. The molecule has 0 aromatic heterocycles. The number of nitrogens with one attached hydrogen (secondary N) is 1. The monoisotopic (exact) mass is 239 g/mol. The zero-order valence-corrected chi connectivity index (χ0v) is 10.4. The molecular weight excluding hydrogens is 221 g/mol. The van der Waals surface area contributed by atoms with Gasteiger partial charge in [0.1, 0.15) is 5.82 Å². The van der Waals surface area contributed by atoms with Crippen LogP contribution < -0.4 is 5.32 Å². The lowest BCUT2D eigenvalue weighted by molar-refractivity contribution is 0.535. The molecular formula is C13H18FNS. The molecule has 0 amide bonds. The average Bonchev–Trinajstić information content (AvgIpc) is 3.10. The quantitative estimate of drug-likeness (QED) is 0.764. The molecule has 16 heavy (non-hydrogen) atoms. The maximum absolute atomic E-state index is 13.4. The predicted octanol–water partition coefficient (Wildman–Crippen LogP) is 3.31. The molecule has 0 bridgehead atoms. The number of halogens is 1. The van der Waals surface area contributed by atoms with E-state index >= 15 is 0 Å². The first kappa shape index (κ1) is 11.9. The molecule has 1 atom stereocenters. The summed E-state index contributed by atoms with van der Waals surface area (Å²) in [4.78, 5) is 0.763. The van der Waals surface area contributed by atoms with E-state index in [0.29, 0.717) is 6.04 Å². The molecule has 1 saturated carbocycles. The zero-order valence-electron chi connectivity index (χ0n) is 9.58. The van der Waals surface area contributed by atoms with Gasteiger partial charge in [0.15, 0.2) is 0 Å². The highest BCUT2D eigenvalue weighted by atomic mass is 32.2. The van der Waals surface area contributed by atoms with Crippen LogP contribution in [0.5, 0.6) is 0 Å². The van der Waals surface area contributed by atoms with Gasteiger partial charge in [0.05, 0.1) is 0 Å². The molecule has 88 valence electrons. The van der Waals surface area contributed by atoms with Crippen LogP contribution in [0.25, 0.3) is 0 Å². The second-order valence-electron chi connectivity index (χ2n) is 4.41. The molecule has 1 fully saturated rings. The molecule has 0 heterocycles. The summed E-state index contributed by atoms with van der Waals surface area (Å²) in [5, 5.41) is 3.32. The third-order valence-corrected chi connectivity index (χ3v) is 4.21. The Morgan fingerprint density at radius 3 is 2.81 bits per heavy atom. The van der Waals surface area contributed by atoms with Crippen molar-refractivity contribution in [2.45, 2.75) is 30.2 Å². The number of rotatable bonds is 6. The lowest BCUT2D eigenvalue weighted by Crippen LogP contribution is -2.28. The molecule has 3 heteroatoms. The lowest BCUT2D eigenvalue weighted by atomic mass is 10.2. The summed E-state index contributed by atoms with van der Waals surface area (Å²) in [7, 11) is 1.99. The Balaban J connectivity index is 1.82. The van der Waals surface area contributed by atoms with Gasteiger partial charge in [-0.2, -0.15) is 0 Å². The van der Waals surface area contributed by atoms with Crippen LogP contribution in [0, 0.1) is 11.7 Å². The Hall–Kier alpha value is -0.540. The summed E-state index contributed by atoms with van der Waals surface area (Å²) in [5.41, 5.74) is 0. The van der Waals surface area contributed by atoms with Crippen molar-refractivity contribution >= 4 is 11.8 Å². The van der Waals surface area contributed by atoms with E-state index in [4.69, 9.17) is 0 Å². The normalized spacial score (nSPS) is 17.4. The Kier molecular flexibility index (Phi) is 4.24. The fourth-order valence-electron chi connectivity index (χ4n) is 1.78. The largest absolute Gasteiger partial charge is 0.316 e. The highest BCUT2D eigenvalue weighted by Gasteiger charge is 2.24. The topological polar surface area (TPSA) is 12.0 Å². The Morgan fingerprint density at radius 2 is 2.19 bits per heavy atom. The maximum atomic E-state index is 13.4. The predicted molar refractivity (Wildman–Crippen MR) is 67.3 cm³/mol. The minimum Gasteiger partial charge on any atom is -0.316 e. The highest BCUT2D eigenvalue weighted by molar-refractivity contribution is 7.99. The van der Waals surface area contributed by atoms with E-state index in [2.05, 4.69) is 5.32 Å². The van der Waals surface area contributed by atoms with Crippen molar-refractivity contribution in [3.63, 3.8) is 0 Å². The molecule has 1 unspecified atom stereocenters. The van der Waals surface area contributed by atoms with Crippen molar-refractivity contribution in [2.75, 3.05) is 12.8 Å². The second kappa shape index (κ2) is 5.69. The zero-order chi connectivity index (χ0) is 11.4. The Morgan fingerprint density at radius 1 is 1.44 bits per heavy atom. The molecule has 1 aliphatic carbocycles. The summed E-state index contributed by atoms with van der Waals surface area (Å²) >= 11 is 1.61. The van der Waals surface area contributed by atoms with E-state index in [1.807, 2.05) is 19.2 Å². The van der Waals surface area contributed by atoms with Crippen LogP contribution in [0.2, 0.25) is 0 Å². The van der Waals surface area contributed by atoms with Gasteiger partial charge in [0.2, 0.25) is 0 Å². The third kappa shape index (κ3) is 3.49. The van der Waals surface area contributed by atoms with E-state index < -0.39 is 0 Å². The fourth-order valence-corrected chi connectivity index (χ4v) is 2.84. The van der Waals surface area contributed by atoms with E-state index in [9.17, 15) is 4.39 Å². The molecule has 1 N–H and O–H groups in total. The van der Waals surface area contributed by atoms with Crippen LogP contribution in [-0.2, 0) is 0 Å². The third-order valence-electron chi connectivity index (χ3n) is 3.00. The van der Waals surface area contributed by atoms with Crippen molar-refractivity contribution in [1.29, 1.82) is 0 Å². The van der Waals surface area contributed by atoms with Crippen LogP contribution in [0.1, 0.15) is 19.3 Å². The van der Waals surface area contributed by atoms with Gasteiger partial charge in [-0.05, 0) is 31.5 Å². The van der Waals surface area contributed by atoms with E-state index in [1.54, 1.807) is 17.8 Å². The molecule has 0 aliphatic heterocycles. The van der Waals surface area contributed by atoms with Crippen LogP contribution in [0.15, 0.2) is 29.2 Å². The van der Waals surface area contributed by atoms with Gasteiger partial charge >= 0.3 is 0 Å². The average molecular weight is 239 g/mol. The van der Waals surface area contributed by atoms with Gasteiger partial charge in [0, 0.05) is 16.7 Å². The van der Waals surface area contributed by atoms with Crippen LogP contribution in [0.3, 0.4) is 0 Å². The summed E-state index contributed by atoms with van der Waals surface area (Å²) < 4.78 is 13.4. The molecule has 1 aromatic rings. The number of benzene rings is 1. The smallest absolute Gasteiger partial charge is 0.136 e. The first-order valence-electron chi connectivity index (χ1n) is 5.84. The second-order valence-corrected chi connectivity index (χ2v) is 5.47. The van der Waals surface area contributed by atoms with Crippen molar-refractivity contribution < 1.29 is 4.39 Å². The van der Waals surface area contributed by atoms with Crippen molar-refractivity contribution in [2.24, 2.45) is 5.92 Å². The standard InChI is InChI=1S/C13H18FNS/c1-15-11(8-10-6-7-10)9-16-13-5-3-2-4-12(13)14/h2-5,10-11,15H,6-9H2,1H3. The van der Waals surface area contributed by atoms with Gasteiger partial charge in [-0.15, -0.1) is 11.8 Å². The number of thioether (sulfide) groups is 1. The summed E-state index contributed by atoms with van der Waals surface area (Å²) in [6.07, 6.45) is 3.99. The van der Waals surface area contributed by atoms with Gasteiger partial charge in [-0.3, -0.25) is 0 Å². The minimum absolute atomic E-state index is 0.103. The summed E-state index contributed by atoms with van der Waals surface area (Å²) in [6.45, 7) is 0. The van der Waals surface area contributed by atoms with E-state index in [-0.39, 0.29) is 5.82 Å². The lowest BCUT2D eigenvalue weighted by Gasteiger charge is -2.15. The summed E-state index contributed by atoms with van der Waals surface area (Å²) in [5.74, 6) is 1.76. The number of hydrogen-bond donors (Lipinski definition) is 1. The van der Waals surface area contributed by atoms with Crippen LogP contribution in [0.4, 0.5) is 4.39 Å². The van der Waals surface area contributed by atoms with Gasteiger partial charge in [-0.1, -0.05) is 25.0 Å². The molecule has 0 radical (unpaired) electrons. The Bertz CT molecular complexity index is 338. The molecule has 0 spiro atoms. The van der Waals surface area contributed by atoms with Crippen molar-refractivity contribution in [3.05, 3.63) is 30.1 Å². The van der Waals surface area contributed by atoms with Crippen LogP contribution >= 0.6 is 11.8 Å². The molecule has 2 rings (SSSR count). The number of hydrogen-bond acceptors (Lipinski definition) is 2. The van der Waals surface area contributed by atoms with Gasteiger partial charge < -0.3 is 5.32 Å². The Labute approximate surface area is 101 Å². The maximum Gasteiger partial charge on any atom is 0.136 e. The summed E-state index contributed by atoms with van der Waals surface area (Å²) in [6, 6.07) is 7.51. The van der Waals surface area contributed by atoms with Gasteiger partial charge in [-0.25, -0.2) is 4.39 Å². The van der Waals surface area contributed by atoms with Crippen molar-refractivity contribution in [1.82, 2.24) is 5.32 Å². The minimum atomic E-state index is -0.103. The van der Waals surface area contributed by atoms with Crippen molar-refractivity contribution in [3.8, 4) is 0 Å². The molecule has 1 aliphatic rings. The van der Waals surface area contributed by atoms with E-state index in [0.717, 1.165) is 16.6 Å². The fraction of sp³-hybridized carbons (Fsp3) is 0.538. The first-order chi connectivity index (χ1) is 7.79. The van der Waals surface area contributed by atoms with E-state index in [1.165, 1.54) is 25.3 Å². The highest BCUT2D eigenvalue weighted by Crippen LogP contribution is 2.34. The van der Waals surface area contributed by atoms with Crippen LogP contribution in [-0.4, -0.2) is 18.8 Å². The van der Waals surface area contributed by atoms with Gasteiger partial charge in [0.25, 0.3) is 0 Å². The SMILES string of the molecule is CNC(CSc1ccccc1F)CC1CC1.